The molecule has 5 heteroatoms. The maximum atomic E-state index is 12.1. The average molecular weight is 345 g/mol. The van der Waals surface area contributed by atoms with Crippen LogP contribution in [0.15, 0.2) is 36.4 Å². The lowest BCUT2D eigenvalue weighted by Crippen LogP contribution is -2.34. The molecule has 2 aromatic carbocycles. The van der Waals surface area contributed by atoms with Crippen molar-refractivity contribution in [1.82, 2.24) is 5.32 Å². The Kier molecular flexibility index (Phi) is 5.99. The molecule has 0 aromatic heterocycles. The number of carbonyl (C=O) groups excluding carboxylic acids is 2. The van der Waals surface area contributed by atoms with Crippen LogP contribution in [0.4, 0.5) is 5.69 Å². The number of hydrogen-bond acceptors (Lipinski definition) is 2. The topological polar surface area (TPSA) is 58.2 Å². The fourth-order valence-corrected chi connectivity index (χ4v) is 2.82. The summed E-state index contributed by atoms with van der Waals surface area (Å²) in [4.78, 5) is 24.0. The van der Waals surface area contributed by atoms with Crippen LogP contribution in [0.25, 0.3) is 0 Å². The van der Waals surface area contributed by atoms with Crippen molar-refractivity contribution in [2.24, 2.45) is 0 Å². The minimum atomic E-state index is -0.252. The van der Waals surface area contributed by atoms with Crippen molar-refractivity contribution >= 4 is 29.1 Å². The van der Waals surface area contributed by atoms with Crippen LogP contribution in [0.5, 0.6) is 0 Å². The van der Waals surface area contributed by atoms with E-state index in [2.05, 4.69) is 10.6 Å². The molecule has 2 rings (SSSR count). The van der Waals surface area contributed by atoms with Crippen LogP contribution in [-0.2, 0) is 16.0 Å². The molecule has 0 heterocycles. The van der Waals surface area contributed by atoms with E-state index in [9.17, 15) is 9.59 Å². The largest absolute Gasteiger partial charge is 0.347 e. The van der Waals surface area contributed by atoms with Gasteiger partial charge in [-0.1, -0.05) is 47.5 Å². The predicted octanol–water partition coefficient (Wildman–Crippen LogP) is 3.56. The van der Waals surface area contributed by atoms with E-state index in [0.29, 0.717) is 5.02 Å². The molecule has 0 aliphatic rings. The van der Waals surface area contributed by atoms with Gasteiger partial charge in [0.05, 0.1) is 13.0 Å². The number of amides is 2. The number of rotatable bonds is 5. The zero-order chi connectivity index (χ0) is 17.7. The minimum Gasteiger partial charge on any atom is -0.347 e. The minimum absolute atomic E-state index is 0.0734. The molecule has 0 atom stereocenters. The maximum Gasteiger partial charge on any atom is 0.243 e. The third kappa shape index (κ3) is 4.83. The molecule has 0 saturated heterocycles. The van der Waals surface area contributed by atoms with Gasteiger partial charge in [0.1, 0.15) is 0 Å². The summed E-state index contributed by atoms with van der Waals surface area (Å²) < 4.78 is 0. The van der Waals surface area contributed by atoms with Crippen LogP contribution >= 0.6 is 11.6 Å². The molecule has 2 amide bonds. The van der Waals surface area contributed by atoms with E-state index >= 15 is 0 Å². The first-order chi connectivity index (χ1) is 11.4. The summed E-state index contributed by atoms with van der Waals surface area (Å²) in [5, 5.41) is 6.02. The van der Waals surface area contributed by atoms with Gasteiger partial charge < -0.3 is 10.6 Å². The monoisotopic (exact) mass is 344 g/mol. The summed E-state index contributed by atoms with van der Waals surface area (Å²) >= 11 is 6.03. The second kappa shape index (κ2) is 7.97. The van der Waals surface area contributed by atoms with E-state index in [0.717, 1.165) is 27.9 Å². The van der Waals surface area contributed by atoms with Crippen molar-refractivity contribution in [2.45, 2.75) is 27.2 Å². The Bertz CT molecular complexity index is 749. The zero-order valence-electron chi connectivity index (χ0n) is 14.1. The number of nitrogens with one attached hydrogen (secondary N) is 2. The smallest absolute Gasteiger partial charge is 0.243 e. The highest BCUT2D eigenvalue weighted by molar-refractivity contribution is 6.31. The van der Waals surface area contributed by atoms with Crippen LogP contribution in [-0.4, -0.2) is 18.4 Å². The van der Waals surface area contributed by atoms with Crippen molar-refractivity contribution in [3.05, 3.63) is 63.7 Å². The van der Waals surface area contributed by atoms with Gasteiger partial charge in [0.25, 0.3) is 0 Å². The van der Waals surface area contributed by atoms with E-state index < -0.39 is 0 Å². The lowest BCUT2D eigenvalue weighted by Gasteiger charge is -2.13. The standard InChI is InChI=1S/C19H21ClN2O2/c1-12-8-13(2)19(14(3)9-12)22-18(24)11-21-17(23)10-15-6-4-5-7-16(15)20/h4-9H,10-11H2,1-3H3,(H,21,23)(H,22,24). The quantitative estimate of drug-likeness (QED) is 0.871. The molecule has 2 N–H and O–H groups in total. The van der Waals surface area contributed by atoms with E-state index in [-0.39, 0.29) is 24.8 Å². The Morgan fingerprint density at radius 2 is 1.62 bits per heavy atom. The van der Waals surface area contributed by atoms with Gasteiger partial charge in [-0.05, 0) is 43.5 Å². The summed E-state index contributed by atoms with van der Waals surface area (Å²) in [6.45, 7) is 5.84. The molecule has 0 aliphatic carbocycles. The molecule has 0 radical (unpaired) electrons. The molecular formula is C19H21ClN2O2. The van der Waals surface area contributed by atoms with Crippen molar-refractivity contribution in [3.8, 4) is 0 Å². The third-order valence-corrected chi connectivity index (χ3v) is 4.07. The predicted molar refractivity (Wildman–Crippen MR) is 97.4 cm³/mol. The molecule has 2 aromatic rings. The van der Waals surface area contributed by atoms with Crippen molar-refractivity contribution in [1.29, 1.82) is 0 Å². The Balaban J connectivity index is 1.90. The van der Waals surface area contributed by atoms with Crippen molar-refractivity contribution < 1.29 is 9.59 Å². The van der Waals surface area contributed by atoms with Crippen LogP contribution < -0.4 is 10.6 Å². The van der Waals surface area contributed by atoms with Crippen LogP contribution in [0.3, 0.4) is 0 Å². The normalized spacial score (nSPS) is 10.3. The Morgan fingerprint density at radius 1 is 1.00 bits per heavy atom. The Morgan fingerprint density at radius 3 is 2.25 bits per heavy atom. The van der Waals surface area contributed by atoms with E-state index in [1.54, 1.807) is 12.1 Å². The fraction of sp³-hybridized carbons (Fsp3) is 0.263. The van der Waals surface area contributed by atoms with E-state index in [1.165, 1.54) is 0 Å². The molecule has 0 fully saturated rings. The number of carbonyl (C=O) groups is 2. The van der Waals surface area contributed by atoms with Gasteiger partial charge in [-0.15, -0.1) is 0 Å². The number of anilines is 1. The lowest BCUT2D eigenvalue weighted by molar-refractivity contribution is -0.123. The summed E-state index contributed by atoms with van der Waals surface area (Å²) in [6, 6.07) is 11.2. The second-order valence-corrected chi connectivity index (χ2v) is 6.27. The molecule has 0 spiro atoms. The first-order valence-corrected chi connectivity index (χ1v) is 8.12. The number of halogens is 1. The summed E-state index contributed by atoms with van der Waals surface area (Å²) in [6.07, 6.45) is 0.148. The van der Waals surface area contributed by atoms with Crippen LogP contribution in [0, 0.1) is 20.8 Å². The molecule has 0 unspecified atom stereocenters. The van der Waals surface area contributed by atoms with Crippen LogP contribution in [0.2, 0.25) is 5.02 Å². The van der Waals surface area contributed by atoms with Gasteiger partial charge >= 0.3 is 0 Å². The van der Waals surface area contributed by atoms with Crippen LogP contribution in [0.1, 0.15) is 22.3 Å². The zero-order valence-corrected chi connectivity index (χ0v) is 14.8. The van der Waals surface area contributed by atoms with Gasteiger partial charge in [0.2, 0.25) is 11.8 Å². The number of hydrogen-bond donors (Lipinski definition) is 2. The van der Waals surface area contributed by atoms with E-state index in [1.807, 2.05) is 45.0 Å². The van der Waals surface area contributed by atoms with Gasteiger partial charge in [-0.25, -0.2) is 0 Å². The highest BCUT2D eigenvalue weighted by Crippen LogP contribution is 2.21. The van der Waals surface area contributed by atoms with Gasteiger partial charge in [0.15, 0.2) is 0 Å². The second-order valence-electron chi connectivity index (χ2n) is 5.87. The van der Waals surface area contributed by atoms with Gasteiger partial charge in [0, 0.05) is 10.7 Å². The van der Waals surface area contributed by atoms with Gasteiger partial charge in [-0.2, -0.15) is 0 Å². The SMILES string of the molecule is Cc1cc(C)c(NC(=O)CNC(=O)Cc2ccccc2Cl)c(C)c1. The number of benzene rings is 2. The lowest BCUT2D eigenvalue weighted by atomic mass is 10.1. The molecule has 126 valence electrons. The van der Waals surface area contributed by atoms with Crippen molar-refractivity contribution in [3.63, 3.8) is 0 Å². The highest BCUT2D eigenvalue weighted by Gasteiger charge is 2.11. The Labute approximate surface area is 147 Å². The average Bonchev–Trinajstić information content (AvgIpc) is 2.51. The summed E-state index contributed by atoms with van der Waals surface area (Å²) in [5.74, 6) is -0.492. The summed E-state index contributed by atoms with van der Waals surface area (Å²) in [7, 11) is 0. The maximum absolute atomic E-state index is 12.1. The van der Waals surface area contributed by atoms with Crippen molar-refractivity contribution in [2.75, 3.05) is 11.9 Å². The molecule has 0 aliphatic heterocycles. The molecule has 0 saturated carbocycles. The molecule has 4 nitrogen and oxygen atoms in total. The highest BCUT2D eigenvalue weighted by atomic mass is 35.5. The first kappa shape index (κ1) is 18.0. The van der Waals surface area contributed by atoms with Gasteiger partial charge in [-0.3, -0.25) is 9.59 Å². The molecule has 24 heavy (non-hydrogen) atoms. The number of aryl methyl sites for hydroxylation is 3. The third-order valence-electron chi connectivity index (χ3n) is 3.70. The molecule has 0 bridgehead atoms. The molecular weight excluding hydrogens is 324 g/mol. The van der Waals surface area contributed by atoms with E-state index in [4.69, 9.17) is 11.6 Å². The Hall–Kier alpha value is -2.33. The summed E-state index contributed by atoms with van der Waals surface area (Å²) in [5.41, 5.74) is 4.69. The fourth-order valence-electron chi connectivity index (χ4n) is 2.62. The first-order valence-electron chi connectivity index (χ1n) is 7.74.